The second kappa shape index (κ2) is 7.15. The Bertz CT molecular complexity index is 968. The van der Waals surface area contributed by atoms with Gasteiger partial charge in [0.1, 0.15) is 6.26 Å². The molecule has 0 bridgehead atoms. The van der Waals surface area contributed by atoms with E-state index in [1.165, 1.54) is 19.4 Å². The molecule has 0 aliphatic heterocycles. The number of alkyl halides is 2. The molecule has 0 aliphatic carbocycles. The molecular weight excluding hydrogens is 368 g/mol. The average molecular weight is 383 g/mol. The maximum Gasteiger partial charge on any atom is 0.368 e. The molecule has 0 atom stereocenters. The van der Waals surface area contributed by atoms with E-state index in [4.69, 9.17) is 10.2 Å². The number of rotatable bonds is 6. The molecule has 1 aromatic carbocycles. The van der Waals surface area contributed by atoms with Gasteiger partial charge in [-0.25, -0.2) is 4.79 Å². The van der Waals surface area contributed by atoms with E-state index in [0.717, 1.165) is 9.36 Å². The van der Waals surface area contributed by atoms with Gasteiger partial charge >= 0.3 is 5.69 Å². The molecule has 3 rings (SSSR count). The Balaban J connectivity index is 2.09. The van der Waals surface area contributed by atoms with Crippen molar-refractivity contribution in [3.8, 4) is 5.69 Å². The number of tetrazole rings is 1. The fraction of sp³-hybridized carbons (Fsp3) is 0.286. The summed E-state index contributed by atoms with van der Waals surface area (Å²) in [7, 11) is 3.11. The van der Waals surface area contributed by atoms with Gasteiger partial charge in [-0.3, -0.25) is 0 Å². The van der Waals surface area contributed by atoms with Gasteiger partial charge in [0.15, 0.2) is 5.82 Å². The first kappa shape index (κ1) is 17.9. The molecule has 0 unspecified atom stereocenters. The number of hydrogen-bond donors (Lipinski definition) is 1. The van der Waals surface area contributed by atoms with Gasteiger partial charge in [-0.1, -0.05) is 17.8 Å². The zero-order valence-electron chi connectivity index (χ0n) is 13.8. The predicted octanol–water partition coefficient (Wildman–Crippen LogP) is 1.49. The molecule has 138 valence electrons. The second-order valence-corrected chi connectivity index (χ2v) is 6.35. The standard InChI is InChI=1S/C14H15F2N7O2S/c1-21(6-11-18-10(17)7-25-11)12-8(23-14(24)22(2)19-20-23)4-3-5-9(12)26-13(15)16/h3-5,7,13H,6,17H2,1-2H3. The lowest BCUT2D eigenvalue weighted by Gasteiger charge is -2.23. The molecule has 12 heteroatoms. The summed E-state index contributed by atoms with van der Waals surface area (Å²) in [4.78, 5) is 18.1. The quantitative estimate of drug-likeness (QED) is 0.638. The van der Waals surface area contributed by atoms with Crippen LogP contribution in [-0.2, 0) is 13.6 Å². The van der Waals surface area contributed by atoms with Gasteiger partial charge in [0.05, 0.1) is 17.9 Å². The Morgan fingerprint density at radius 2 is 2.15 bits per heavy atom. The maximum absolute atomic E-state index is 13.0. The largest absolute Gasteiger partial charge is 0.445 e. The molecule has 0 saturated heterocycles. The topological polar surface area (TPSA) is 108 Å². The lowest BCUT2D eigenvalue weighted by atomic mass is 10.2. The van der Waals surface area contributed by atoms with Crippen LogP contribution in [0.3, 0.4) is 0 Å². The summed E-state index contributed by atoms with van der Waals surface area (Å²) in [6.07, 6.45) is 1.29. The number of hydrogen-bond acceptors (Lipinski definition) is 8. The summed E-state index contributed by atoms with van der Waals surface area (Å²) in [6.45, 7) is 0.153. The van der Waals surface area contributed by atoms with Crippen LogP contribution < -0.4 is 16.3 Å². The number of thioether (sulfide) groups is 1. The van der Waals surface area contributed by atoms with E-state index in [1.807, 2.05) is 0 Å². The molecule has 0 fully saturated rings. The van der Waals surface area contributed by atoms with Crippen LogP contribution in [0.2, 0.25) is 0 Å². The van der Waals surface area contributed by atoms with Crippen molar-refractivity contribution in [2.24, 2.45) is 7.05 Å². The van der Waals surface area contributed by atoms with Crippen molar-refractivity contribution >= 4 is 23.3 Å². The van der Waals surface area contributed by atoms with E-state index in [0.29, 0.717) is 29.0 Å². The Morgan fingerprint density at radius 3 is 2.73 bits per heavy atom. The van der Waals surface area contributed by atoms with Gasteiger partial charge in [-0.05, 0) is 22.6 Å². The number of oxazole rings is 1. The van der Waals surface area contributed by atoms with Crippen molar-refractivity contribution in [3.05, 3.63) is 40.8 Å². The molecule has 26 heavy (non-hydrogen) atoms. The number of halogens is 2. The van der Waals surface area contributed by atoms with Gasteiger partial charge in [0, 0.05) is 19.0 Å². The summed E-state index contributed by atoms with van der Waals surface area (Å²) >= 11 is 0.370. The third-order valence-electron chi connectivity index (χ3n) is 3.47. The number of aromatic nitrogens is 5. The van der Waals surface area contributed by atoms with Crippen LogP contribution in [0.15, 0.2) is 38.6 Å². The van der Waals surface area contributed by atoms with E-state index < -0.39 is 11.4 Å². The monoisotopic (exact) mass is 383 g/mol. The molecule has 2 heterocycles. The molecular formula is C14H15F2N7O2S. The maximum atomic E-state index is 13.0. The van der Waals surface area contributed by atoms with E-state index in [2.05, 4.69) is 15.4 Å². The third-order valence-corrected chi connectivity index (χ3v) is 4.23. The molecule has 2 N–H and O–H groups in total. The summed E-state index contributed by atoms with van der Waals surface area (Å²) in [5, 5.41) is 7.46. The highest BCUT2D eigenvalue weighted by Gasteiger charge is 2.21. The highest BCUT2D eigenvalue weighted by molar-refractivity contribution is 7.99. The van der Waals surface area contributed by atoms with Crippen LogP contribution in [-0.4, -0.2) is 37.6 Å². The zero-order chi connectivity index (χ0) is 18.8. The van der Waals surface area contributed by atoms with Crippen LogP contribution in [0.4, 0.5) is 20.3 Å². The minimum Gasteiger partial charge on any atom is -0.445 e. The molecule has 0 radical (unpaired) electrons. The number of nitrogen functional groups attached to an aromatic ring is 1. The van der Waals surface area contributed by atoms with Crippen molar-refractivity contribution in [3.63, 3.8) is 0 Å². The normalized spacial score (nSPS) is 11.3. The van der Waals surface area contributed by atoms with E-state index >= 15 is 0 Å². The minimum atomic E-state index is -2.63. The highest BCUT2D eigenvalue weighted by Crippen LogP contribution is 2.37. The van der Waals surface area contributed by atoms with Crippen LogP contribution in [0.5, 0.6) is 0 Å². The fourth-order valence-corrected chi connectivity index (χ4v) is 3.12. The summed E-state index contributed by atoms with van der Waals surface area (Å²) < 4.78 is 33.3. The SMILES string of the molecule is CN(Cc1nc(N)co1)c1c(SC(F)F)cccc1-n1nnn(C)c1=O. The number of aryl methyl sites for hydroxylation is 1. The number of para-hydroxylation sites is 1. The van der Waals surface area contributed by atoms with Crippen LogP contribution in [0.1, 0.15) is 5.89 Å². The Morgan fingerprint density at radius 1 is 1.38 bits per heavy atom. The van der Waals surface area contributed by atoms with E-state index in [-0.39, 0.29) is 17.3 Å². The Kier molecular flexibility index (Phi) is 4.93. The summed E-state index contributed by atoms with van der Waals surface area (Å²) in [5.41, 5.74) is 5.73. The van der Waals surface area contributed by atoms with Crippen molar-refractivity contribution in [1.29, 1.82) is 0 Å². The molecule has 0 amide bonds. The van der Waals surface area contributed by atoms with Gasteiger partial charge in [0.25, 0.3) is 5.76 Å². The van der Waals surface area contributed by atoms with Crippen LogP contribution >= 0.6 is 11.8 Å². The van der Waals surface area contributed by atoms with Crippen molar-refractivity contribution in [2.45, 2.75) is 17.2 Å². The first-order valence-electron chi connectivity index (χ1n) is 7.35. The van der Waals surface area contributed by atoms with Crippen molar-refractivity contribution < 1.29 is 13.2 Å². The molecule has 3 aromatic rings. The predicted molar refractivity (Wildman–Crippen MR) is 91.5 cm³/mol. The number of anilines is 2. The molecule has 2 aromatic heterocycles. The van der Waals surface area contributed by atoms with Gasteiger partial charge in [-0.15, -0.1) is 0 Å². The summed E-state index contributed by atoms with van der Waals surface area (Å²) in [6, 6.07) is 4.71. The van der Waals surface area contributed by atoms with Crippen LogP contribution in [0, 0.1) is 0 Å². The molecule has 0 aliphatic rings. The minimum absolute atomic E-state index is 0.153. The van der Waals surface area contributed by atoms with E-state index in [9.17, 15) is 13.6 Å². The first-order chi connectivity index (χ1) is 12.4. The summed E-state index contributed by atoms with van der Waals surface area (Å²) in [5.74, 6) is -2.11. The molecule has 9 nitrogen and oxygen atoms in total. The van der Waals surface area contributed by atoms with Crippen molar-refractivity contribution in [2.75, 3.05) is 17.7 Å². The third kappa shape index (κ3) is 3.54. The van der Waals surface area contributed by atoms with Gasteiger partial charge < -0.3 is 15.1 Å². The Hall–Kier alpha value is -2.89. The van der Waals surface area contributed by atoms with E-state index in [1.54, 1.807) is 24.1 Å². The number of nitrogens with zero attached hydrogens (tertiary/aromatic N) is 6. The highest BCUT2D eigenvalue weighted by atomic mass is 32.2. The number of benzene rings is 1. The first-order valence-corrected chi connectivity index (χ1v) is 8.23. The fourth-order valence-electron chi connectivity index (χ4n) is 2.40. The molecule has 0 saturated carbocycles. The zero-order valence-corrected chi connectivity index (χ0v) is 14.7. The van der Waals surface area contributed by atoms with Gasteiger partial charge in [-0.2, -0.15) is 23.1 Å². The lowest BCUT2D eigenvalue weighted by molar-refractivity contribution is 0.252. The Labute approximate surface area is 150 Å². The lowest BCUT2D eigenvalue weighted by Crippen LogP contribution is -2.25. The van der Waals surface area contributed by atoms with Gasteiger partial charge in [0.2, 0.25) is 5.89 Å². The number of nitrogens with two attached hydrogens (primary N) is 1. The van der Waals surface area contributed by atoms with Crippen molar-refractivity contribution in [1.82, 2.24) is 24.8 Å². The molecule has 0 spiro atoms. The average Bonchev–Trinajstić information content (AvgIpc) is 3.13. The second-order valence-electron chi connectivity index (χ2n) is 5.32. The smallest absolute Gasteiger partial charge is 0.368 e. The van der Waals surface area contributed by atoms with Crippen LogP contribution in [0.25, 0.3) is 5.69 Å².